The van der Waals surface area contributed by atoms with Gasteiger partial charge in [-0.25, -0.2) is 18.4 Å². The van der Waals surface area contributed by atoms with Gasteiger partial charge < -0.3 is 10.6 Å². The maximum absolute atomic E-state index is 13.8. The number of pyridine rings is 2. The van der Waals surface area contributed by atoms with E-state index >= 15 is 0 Å². The highest BCUT2D eigenvalue weighted by molar-refractivity contribution is 6.36. The molecule has 0 radical (unpaired) electrons. The SMILES string of the molecule is [2H][C@](Nc1cc(Cl)c2ncc(C#N)c(NCC(C)(C)C)c2c1)(c1cn(C2(C(F)F)CC2)nn1)c1cccnc1Cl. The van der Waals surface area contributed by atoms with E-state index in [-0.39, 0.29) is 39.7 Å². The van der Waals surface area contributed by atoms with Crippen LogP contribution >= 0.6 is 23.2 Å². The smallest absolute Gasteiger partial charge is 0.263 e. The normalized spacial score (nSPS) is 16.4. The van der Waals surface area contributed by atoms with Crippen molar-refractivity contribution < 1.29 is 10.2 Å². The summed E-state index contributed by atoms with van der Waals surface area (Å²) in [6, 6.07) is 6.81. The Hall–Kier alpha value is -3.55. The first-order chi connectivity index (χ1) is 18.9. The molecule has 1 fully saturated rings. The Kier molecular flexibility index (Phi) is 6.73. The zero-order valence-electron chi connectivity index (χ0n) is 22.4. The quantitative estimate of drug-likeness (QED) is 0.224. The summed E-state index contributed by atoms with van der Waals surface area (Å²) in [7, 11) is 0. The number of benzene rings is 1. The van der Waals surface area contributed by atoms with Crippen molar-refractivity contribution in [2.45, 2.75) is 51.6 Å². The van der Waals surface area contributed by atoms with E-state index in [9.17, 15) is 15.4 Å². The highest BCUT2D eigenvalue weighted by atomic mass is 35.5. The van der Waals surface area contributed by atoms with E-state index in [4.69, 9.17) is 23.2 Å². The Morgan fingerprint density at radius 3 is 2.67 bits per heavy atom. The summed E-state index contributed by atoms with van der Waals surface area (Å²) in [5, 5.41) is 25.2. The van der Waals surface area contributed by atoms with Crippen molar-refractivity contribution in [1.82, 2.24) is 25.0 Å². The molecule has 8 nitrogen and oxygen atoms in total. The van der Waals surface area contributed by atoms with E-state index in [0.29, 0.717) is 34.4 Å². The van der Waals surface area contributed by atoms with Gasteiger partial charge in [0.1, 0.15) is 28.5 Å². The average molecular weight is 572 g/mol. The third-order valence-corrected chi connectivity index (χ3v) is 7.10. The first-order valence-electron chi connectivity index (χ1n) is 12.7. The fraction of sp³-hybridized carbons (Fsp3) is 0.370. The van der Waals surface area contributed by atoms with Gasteiger partial charge in [0.2, 0.25) is 0 Å². The summed E-state index contributed by atoms with van der Waals surface area (Å²) < 4.78 is 38.3. The van der Waals surface area contributed by atoms with E-state index < -0.39 is 18.0 Å². The molecular formula is C27H26Cl2F2N8. The average Bonchev–Trinajstić information content (AvgIpc) is 3.56. The van der Waals surface area contributed by atoms with E-state index in [1.807, 2.05) is 0 Å². The van der Waals surface area contributed by atoms with Crippen LogP contribution in [0.3, 0.4) is 0 Å². The van der Waals surface area contributed by atoms with Crippen molar-refractivity contribution in [3.05, 3.63) is 69.9 Å². The van der Waals surface area contributed by atoms with Crippen molar-refractivity contribution in [3.63, 3.8) is 0 Å². The third-order valence-electron chi connectivity index (χ3n) is 6.51. The molecule has 0 amide bonds. The van der Waals surface area contributed by atoms with Crippen LogP contribution in [0.15, 0.2) is 42.9 Å². The van der Waals surface area contributed by atoms with Gasteiger partial charge in [-0.05, 0) is 36.5 Å². The Bertz CT molecular complexity index is 1630. The van der Waals surface area contributed by atoms with E-state index in [1.165, 1.54) is 18.6 Å². The van der Waals surface area contributed by atoms with Gasteiger partial charge in [0.25, 0.3) is 6.43 Å². The zero-order valence-corrected chi connectivity index (χ0v) is 22.9. The summed E-state index contributed by atoms with van der Waals surface area (Å²) in [6.07, 6.45) is 2.19. The van der Waals surface area contributed by atoms with E-state index in [1.54, 1.807) is 24.3 Å². The van der Waals surface area contributed by atoms with Gasteiger partial charge in [-0.1, -0.05) is 55.3 Å². The minimum atomic E-state index is -2.63. The lowest BCUT2D eigenvalue weighted by Crippen LogP contribution is -2.26. The Morgan fingerprint density at radius 2 is 2.03 bits per heavy atom. The standard InChI is InChI=1S/C27H26Cl2F2N8/c1-26(2,3)14-35-21-15(11-32)12-34-22-18(21)9-16(10-19(22)28)36-23(17-5-4-8-33-24(17)29)20-13-39(38-37-20)27(6-7-27)25(30)31/h4-5,8-10,12-13,23,25,36H,6-7,14H2,1-3H3,(H,34,35)/t23-/m1/s1/i23D. The largest absolute Gasteiger partial charge is 0.383 e. The number of halogens is 4. The number of aromatic nitrogens is 5. The molecule has 12 heteroatoms. The first-order valence-corrected chi connectivity index (χ1v) is 13.0. The molecule has 202 valence electrons. The summed E-state index contributed by atoms with van der Waals surface area (Å²) in [6.45, 7) is 6.76. The first kappa shape index (κ1) is 25.7. The Morgan fingerprint density at radius 1 is 1.26 bits per heavy atom. The van der Waals surface area contributed by atoms with Gasteiger partial charge in [-0.2, -0.15) is 5.26 Å². The fourth-order valence-corrected chi connectivity index (χ4v) is 4.70. The second-order valence-corrected chi connectivity index (χ2v) is 11.5. The summed E-state index contributed by atoms with van der Waals surface area (Å²) in [5.74, 6) is 0. The van der Waals surface area contributed by atoms with Gasteiger partial charge in [0.15, 0.2) is 0 Å². The minimum Gasteiger partial charge on any atom is -0.383 e. The maximum atomic E-state index is 13.8. The molecule has 0 aliphatic heterocycles. The summed E-state index contributed by atoms with van der Waals surface area (Å²) in [5.41, 5.74) is 0.507. The second kappa shape index (κ2) is 10.2. The lowest BCUT2D eigenvalue weighted by Gasteiger charge is -2.22. The van der Waals surface area contributed by atoms with Gasteiger partial charge >= 0.3 is 0 Å². The molecule has 3 aromatic heterocycles. The van der Waals surface area contributed by atoms with Crippen LogP contribution in [0, 0.1) is 16.7 Å². The molecule has 1 aromatic carbocycles. The molecule has 1 saturated carbocycles. The molecule has 5 rings (SSSR count). The molecule has 39 heavy (non-hydrogen) atoms. The van der Waals surface area contributed by atoms with Crippen LogP contribution in [0.1, 0.15) is 57.8 Å². The van der Waals surface area contributed by atoms with Crippen molar-refractivity contribution in [2.75, 3.05) is 17.2 Å². The predicted octanol–water partition coefficient (Wildman–Crippen LogP) is 6.81. The van der Waals surface area contributed by atoms with Crippen molar-refractivity contribution in [3.8, 4) is 6.07 Å². The molecule has 0 bridgehead atoms. The number of hydrogen-bond donors (Lipinski definition) is 2. The molecule has 0 spiro atoms. The number of nitriles is 1. The molecule has 0 unspecified atom stereocenters. The van der Waals surface area contributed by atoms with Crippen LogP contribution < -0.4 is 10.6 Å². The number of fused-ring (bicyclic) bond motifs is 1. The lowest BCUT2D eigenvalue weighted by molar-refractivity contribution is 0.0593. The molecule has 2 N–H and O–H groups in total. The second-order valence-electron chi connectivity index (χ2n) is 10.7. The van der Waals surface area contributed by atoms with Gasteiger partial charge in [-0.3, -0.25) is 4.98 Å². The molecule has 4 aromatic rings. The monoisotopic (exact) mass is 571 g/mol. The summed E-state index contributed by atoms with van der Waals surface area (Å²) in [4.78, 5) is 8.49. The van der Waals surface area contributed by atoms with Gasteiger partial charge in [0.05, 0.1) is 29.4 Å². The van der Waals surface area contributed by atoms with Crippen molar-refractivity contribution in [2.24, 2.45) is 5.41 Å². The Labute approximate surface area is 235 Å². The maximum Gasteiger partial charge on any atom is 0.263 e. The van der Waals surface area contributed by atoms with Crippen molar-refractivity contribution >= 4 is 45.5 Å². The van der Waals surface area contributed by atoms with E-state index in [0.717, 1.165) is 4.68 Å². The number of alkyl halides is 2. The lowest BCUT2D eigenvalue weighted by atomic mass is 9.96. The van der Waals surface area contributed by atoms with Crippen LogP contribution in [-0.4, -0.2) is 37.9 Å². The molecule has 3 heterocycles. The molecule has 1 aliphatic rings. The number of nitrogens with one attached hydrogen (secondary N) is 2. The van der Waals surface area contributed by atoms with E-state index in [2.05, 4.69) is 57.8 Å². The van der Waals surface area contributed by atoms with Crippen LogP contribution in [0.4, 0.5) is 20.2 Å². The molecular weight excluding hydrogens is 545 g/mol. The van der Waals surface area contributed by atoms with Gasteiger partial charge in [-0.15, -0.1) is 5.10 Å². The highest BCUT2D eigenvalue weighted by Crippen LogP contribution is 2.48. The summed E-state index contributed by atoms with van der Waals surface area (Å²) >= 11 is 13.1. The number of hydrogen-bond acceptors (Lipinski definition) is 7. The van der Waals surface area contributed by atoms with Crippen LogP contribution in [0.5, 0.6) is 0 Å². The molecule has 1 atom stereocenters. The topological polar surface area (TPSA) is 104 Å². The number of nitrogens with zero attached hydrogens (tertiary/aromatic N) is 6. The number of rotatable bonds is 8. The molecule has 0 saturated heterocycles. The number of anilines is 2. The van der Waals surface area contributed by atoms with Crippen molar-refractivity contribution in [1.29, 1.82) is 5.26 Å². The molecule has 1 aliphatic carbocycles. The minimum absolute atomic E-state index is 0.0300. The van der Waals surface area contributed by atoms with Gasteiger partial charge in [0, 0.05) is 35.6 Å². The van der Waals surface area contributed by atoms with Crippen LogP contribution in [-0.2, 0) is 5.54 Å². The third kappa shape index (κ3) is 5.34. The Balaban J connectivity index is 1.64. The zero-order chi connectivity index (χ0) is 28.9. The fourth-order valence-electron chi connectivity index (χ4n) is 4.22. The van der Waals surface area contributed by atoms with Crippen LogP contribution in [0.25, 0.3) is 10.9 Å². The highest BCUT2D eigenvalue weighted by Gasteiger charge is 2.54. The van der Waals surface area contributed by atoms with Crippen LogP contribution in [0.2, 0.25) is 10.2 Å². The predicted molar refractivity (Wildman–Crippen MR) is 147 cm³/mol.